The second kappa shape index (κ2) is 10.8. The van der Waals surface area contributed by atoms with Gasteiger partial charge in [-0.3, -0.25) is 4.79 Å². The summed E-state index contributed by atoms with van der Waals surface area (Å²) in [5.41, 5.74) is 2.97. The van der Waals surface area contributed by atoms with E-state index in [1.807, 2.05) is 60.8 Å². The molecule has 200 valence electrons. The smallest absolute Gasteiger partial charge is 0.409 e. The molecule has 4 saturated carbocycles. The van der Waals surface area contributed by atoms with Crippen LogP contribution in [0, 0.1) is 29.6 Å². The van der Waals surface area contributed by atoms with Crippen molar-refractivity contribution >= 4 is 22.9 Å². The number of hydrogen-bond acceptors (Lipinski definition) is 4. The van der Waals surface area contributed by atoms with Gasteiger partial charge in [0.25, 0.3) is 0 Å². The number of aliphatic hydroxyl groups excluding tert-OH is 1. The van der Waals surface area contributed by atoms with Gasteiger partial charge in [-0.2, -0.15) is 0 Å². The molecule has 0 aliphatic heterocycles. The number of aromatic amines is 1. The fraction of sp³-hybridized carbons (Fsp3) is 0.484. The quantitative estimate of drug-likeness (QED) is 0.314. The van der Waals surface area contributed by atoms with Crippen LogP contribution in [-0.2, 0) is 22.4 Å². The molecule has 2 aromatic carbocycles. The van der Waals surface area contributed by atoms with Crippen molar-refractivity contribution < 1.29 is 19.4 Å². The molecular weight excluding hydrogens is 478 g/mol. The number of aromatic nitrogens is 1. The van der Waals surface area contributed by atoms with Gasteiger partial charge in [-0.05, 0) is 79.4 Å². The molecule has 4 bridgehead atoms. The largest absolute Gasteiger partial charge is 0.446 e. The van der Waals surface area contributed by atoms with Gasteiger partial charge in [-0.15, -0.1) is 0 Å². The highest BCUT2D eigenvalue weighted by atomic mass is 16.6. The number of carbonyl (C=O) groups is 2. The maximum Gasteiger partial charge on any atom is 0.409 e. The molecule has 7 nitrogen and oxygen atoms in total. The standard InChI is InChI=1S/C31H37N3O4/c35-18-25(11-19-6-2-1-3-7-19)30(36)33-28(16-24-17-32-27-9-5-4-8-26(24)27)34-31(37)38-29-22-12-20-10-21(14-22)15-23(29)13-20/h1-9,17,20-23,25,28-29,32,35H,10-16,18H2,(H,33,36)(H,34,37)/t20?,21?,22?,23?,25-,28+,29?/m0/s1. The summed E-state index contributed by atoms with van der Waals surface area (Å²) in [6.45, 7) is -0.279. The lowest BCUT2D eigenvalue weighted by Gasteiger charge is -2.53. The number of rotatable bonds is 9. The molecule has 2 atom stereocenters. The Morgan fingerprint density at radius 1 is 0.895 bits per heavy atom. The molecule has 0 saturated heterocycles. The van der Waals surface area contributed by atoms with Gasteiger partial charge >= 0.3 is 6.09 Å². The Kier molecular flexibility index (Phi) is 7.11. The fourth-order valence-electron chi connectivity index (χ4n) is 7.45. The van der Waals surface area contributed by atoms with Crippen molar-refractivity contribution in [3.05, 3.63) is 71.9 Å². The number of fused-ring (bicyclic) bond motifs is 1. The second-order valence-corrected chi connectivity index (χ2v) is 11.6. The molecular formula is C31H37N3O4. The van der Waals surface area contributed by atoms with Gasteiger partial charge < -0.3 is 25.5 Å². The first-order valence-corrected chi connectivity index (χ1v) is 14.0. The number of H-pyrrole nitrogens is 1. The van der Waals surface area contributed by atoms with E-state index < -0.39 is 18.2 Å². The van der Waals surface area contributed by atoms with Crippen molar-refractivity contribution in [3.63, 3.8) is 0 Å². The number of amides is 2. The van der Waals surface area contributed by atoms with Crippen LogP contribution in [0.15, 0.2) is 60.8 Å². The molecule has 1 aromatic heterocycles. The average molecular weight is 516 g/mol. The molecule has 3 aromatic rings. The predicted octanol–water partition coefficient (Wildman–Crippen LogP) is 4.55. The summed E-state index contributed by atoms with van der Waals surface area (Å²) in [4.78, 5) is 29.8. The van der Waals surface area contributed by atoms with E-state index in [2.05, 4.69) is 15.6 Å². The van der Waals surface area contributed by atoms with E-state index >= 15 is 0 Å². The molecule has 4 aliphatic carbocycles. The summed E-state index contributed by atoms with van der Waals surface area (Å²) < 4.78 is 6.07. The van der Waals surface area contributed by atoms with Crippen molar-refractivity contribution in [2.45, 2.75) is 57.2 Å². The van der Waals surface area contributed by atoms with Gasteiger partial charge in [0.05, 0.1) is 12.5 Å². The molecule has 4 aliphatic rings. The maximum atomic E-state index is 13.3. The Labute approximate surface area is 223 Å². The Balaban J connectivity index is 1.16. The molecule has 4 N–H and O–H groups in total. The lowest BCUT2D eigenvalue weighted by atomic mass is 9.55. The van der Waals surface area contributed by atoms with Gasteiger partial charge in [-0.25, -0.2) is 4.79 Å². The van der Waals surface area contributed by atoms with Crippen LogP contribution in [0.5, 0.6) is 0 Å². The van der Waals surface area contributed by atoms with Crippen LogP contribution in [0.25, 0.3) is 10.9 Å². The monoisotopic (exact) mass is 515 g/mol. The zero-order valence-corrected chi connectivity index (χ0v) is 21.6. The topological polar surface area (TPSA) is 103 Å². The highest BCUT2D eigenvalue weighted by Crippen LogP contribution is 2.54. The van der Waals surface area contributed by atoms with Gasteiger partial charge in [0.2, 0.25) is 5.91 Å². The average Bonchev–Trinajstić information content (AvgIpc) is 3.32. The van der Waals surface area contributed by atoms with E-state index in [1.54, 1.807) is 0 Å². The van der Waals surface area contributed by atoms with Gasteiger partial charge in [0, 0.05) is 23.5 Å². The zero-order valence-electron chi connectivity index (χ0n) is 21.6. The Morgan fingerprint density at radius 3 is 2.29 bits per heavy atom. The molecule has 1 heterocycles. The summed E-state index contributed by atoms with van der Waals surface area (Å²) in [5.74, 6) is 1.61. The number of carbonyl (C=O) groups excluding carboxylic acids is 2. The number of benzene rings is 2. The van der Waals surface area contributed by atoms with Crippen LogP contribution in [0.3, 0.4) is 0 Å². The van der Waals surface area contributed by atoms with Crippen LogP contribution < -0.4 is 10.6 Å². The third-order valence-electron chi connectivity index (χ3n) is 9.01. The minimum atomic E-state index is -0.670. The van der Waals surface area contributed by atoms with E-state index in [4.69, 9.17) is 4.74 Å². The van der Waals surface area contributed by atoms with Crippen molar-refractivity contribution in [1.82, 2.24) is 15.6 Å². The van der Waals surface area contributed by atoms with E-state index in [9.17, 15) is 14.7 Å². The third kappa shape index (κ3) is 5.30. The van der Waals surface area contributed by atoms with Gasteiger partial charge in [-0.1, -0.05) is 48.5 Å². The molecule has 7 heteroatoms. The SMILES string of the molecule is O=C(N[C@H](Cc1c[nH]c2ccccc12)NC(=O)[C@H](CO)Cc1ccccc1)OC1C2CC3CC(C2)CC1C3. The number of nitrogens with one attached hydrogen (secondary N) is 3. The van der Waals surface area contributed by atoms with Crippen molar-refractivity contribution in [1.29, 1.82) is 0 Å². The van der Waals surface area contributed by atoms with E-state index in [0.29, 0.717) is 24.7 Å². The number of aliphatic hydroxyl groups is 1. The van der Waals surface area contributed by atoms with Crippen molar-refractivity contribution in [2.24, 2.45) is 29.6 Å². The molecule has 7 rings (SSSR count). The highest BCUT2D eigenvalue weighted by Gasteiger charge is 2.50. The Bertz CT molecular complexity index is 1240. The molecule has 38 heavy (non-hydrogen) atoms. The van der Waals surface area contributed by atoms with Crippen LogP contribution in [0.2, 0.25) is 0 Å². The normalized spacial score (nSPS) is 27.1. The first kappa shape index (κ1) is 25.0. The van der Waals surface area contributed by atoms with Gasteiger partial charge in [0.15, 0.2) is 0 Å². The number of hydrogen-bond donors (Lipinski definition) is 4. The van der Waals surface area contributed by atoms with E-state index in [-0.39, 0.29) is 18.6 Å². The summed E-state index contributed by atoms with van der Waals surface area (Å²) in [6.07, 6.45) is 7.56. The first-order valence-electron chi connectivity index (χ1n) is 14.0. The van der Waals surface area contributed by atoms with E-state index in [1.165, 1.54) is 6.42 Å². The molecule has 0 spiro atoms. The highest BCUT2D eigenvalue weighted by molar-refractivity contribution is 5.84. The second-order valence-electron chi connectivity index (χ2n) is 11.6. The van der Waals surface area contributed by atoms with Crippen molar-refractivity contribution in [3.8, 4) is 0 Å². The fourth-order valence-corrected chi connectivity index (χ4v) is 7.45. The van der Waals surface area contributed by atoms with Gasteiger partial charge in [0.1, 0.15) is 12.3 Å². The minimum Gasteiger partial charge on any atom is -0.446 e. The summed E-state index contributed by atoms with van der Waals surface area (Å²) in [5, 5.41) is 17.0. The number of para-hydroxylation sites is 1. The number of ether oxygens (including phenoxy) is 1. The summed E-state index contributed by atoms with van der Waals surface area (Å²) in [6, 6.07) is 17.6. The Morgan fingerprint density at radius 2 is 1.58 bits per heavy atom. The summed E-state index contributed by atoms with van der Waals surface area (Å²) >= 11 is 0. The minimum absolute atomic E-state index is 0.0319. The molecule has 4 fully saturated rings. The summed E-state index contributed by atoms with van der Waals surface area (Å²) in [7, 11) is 0. The van der Waals surface area contributed by atoms with E-state index in [0.717, 1.165) is 59.5 Å². The maximum absolute atomic E-state index is 13.3. The number of alkyl carbamates (subject to hydrolysis) is 1. The molecule has 2 amide bonds. The Hall–Kier alpha value is -3.32. The third-order valence-corrected chi connectivity index (χ3v) is 9.01. The first-order chi connectivity index (χ1) is 18.6. The van der Waals surface area contributed by atoms with Crippen LogP contribution in [0.1, 0.15) is 43.2 Å². The zero-order chi connectivity index (χ0) is 26.1. The lowest BCUT2D eigenvalue weighted by molar-refractivity contribution is -0.127. The van der Waals surface area contributed by atoms with Crippen LogP contribution in [0.4, 0.5) is 4.79 Å². The van der Waals surface area contributed by atoms with Crippen LogP contribution >= 0.6 is 0 Å². The van der Waals surface area contributed by atoms with Crippen molar-refractivity contribution in [2.75, 3.05) is 6.61 Å². The predicted molar refractivity (Wildman–Crippen MR) is 145 cm³/mol. The molecule has 0 radical (unpaired) electrons. The molecule has 0 unspecified atom stereocenters. The van der Waals surface area contributed by atoms with Crippen LogP contribution in [-0.4, -0.2) is 41.0 Å². The lowest BCUT2D eigenvalue weighted by Crippen LogP contribution is -2.54.